The standard InChI is InChI=1S/C15H14N2O4/c1-2-21-12-5-3-10(4-6-12)14(18)17-11-7-8-16-13(9-11)15(19)20/h3-9H,2H2,1H3,(H,19,20)(H,16,17,18). The third kappa shape index (κ3) is 3.79. The third-order valence-electron chi connectivity index (χ3n) is 2.66. The molecule has 0 saturated carbocycles. The quantitative estimate of drug-likeness (QED) is 0.881. The molecule has 0 fully saturated rings. The lowest BCUT2D eigenvalue weighted by Gasteiger charge is -2.07. The molecule has 2 N–H and O–H groups in total. The van der Waals surface area contributed by atoms with Crippen LogP contribution in [-0.4, -0.2) is 28.6 Å². The molecule has 2 aromatic rings. The SMILES string of the molecule is CCOc1ccc(C(=O)Nc2ccnc(C(=O)O)c2)cc1. The molecule has 0 saturated heterocycles. The van der Waals surface area contributed by atoms with Crippen molar-refractivity contribution in [2.75, 3.05) is 11.9 Å². The van der Waals surface area contributed by atoms with Crippen molar-refractivity contribution in [3.8, 4) is 5.75 Å². The van der Waals surface area contributed by atoms with Crippen LogP contribution in [0, 0.1) is 0 Å². The van der Waals surface area contributed by atoms with Gasteiger partial charge in [0.2, 0.25) is 0 Å². The summed E-state index contributed by atoms with van der Waals surface area (Å²) in [6.45, 7) is 2.44. The van der Waals surface area contributed by atoms with Gasteiger partial charge in [-0.05, 0) is 43.3 Å². The summed E-state index contributed by atoms with van der Waals surface area (Å²) in [5.74, 6) is -0.793. The number of aromatic nitrogens is 1. The maximum absolute atomic E-state index is 12.0. The largest absolute Gasteiger partial charge is 0.494 e. The normalized spacial score (nSPS) is 9.95. The Morgan fingerprint density at radius 2 is 1.95 bits per heavy atom. The van der Waals surface area contributed by atoms with Crippen molar-refractivity contribution in [2.24, 2.45) is 0 Å². The fourth-order valence-corrected chi connectivity index (χ4v) is 1.70. The van der Waals surface area contributed by atoms with Gasteiger partial charge < -0.3 is 15.2 Å². The number of carbonyl (C=O) groups excluding carboxylic acids is 1. The first-order chi connectivity index (χ1) is 10.1. The lowest BCUT2D eigenvalue weighted by atomic mass is 10.2. The van der Waals surface area contributed by atoms with Crippen LogP contribution in [0.25, 0.3) is 0 Å². The van der Waals surface area contributed by atoms with Gasteiger partial charge >= 0.3 is 5.97 Å². The maximum Gasteiger partial charge on any atom is 0.354 e. The number of aromatic carboxylic acids is 1. The highest BCUT2D eigenvalue weighted by molar-refractivity contribution is 6.04. The number of amides is 1. The minimum absolute atomic E-state index is 0.125. The van der Waals surface area contributed by atoms with E-state index in [4.69, 9.17) is 9.84 Å². The fraction of sp³-hybridized carbons (Fsp3) is 0.133. The summed E-state index contributed by atoms with van der Waals surface area (Å²) in [5.41, 5.74) is 0.702. The first kappa shape index (κ1) is 14.5. The Balaban J connectivity index is 2.10. The van der Waals surface area contributed by atoms with E-state index in [-0.39, 0.29) is 11.6 Å². The predicted molar refractivity (Wildman–Crippen MR) is 76.8 cm³/mol. The summed E-state index contributed by atoms with van der Waals surface area (Å²) in [5, 5.41) is 11.5. The molecule has 0 aliphatic rings. The predicted octanol–water partition coefficient (Wildman–Crippen LogP) is 2.43. The molecular weight excluding hydrogens is 272 g/mol. The lowest BCUT2D eigenvalue weighted by molar-refractivity contribution is 0.0690. The molecule has 1 aromatic carbocycles. The summed E-state index contributed by atoms with van der Waals surface area (Å²) >= 11 is 0. The van der Waals surface area contributed by atoms with Gasteiger partial charge in [-0.1, -0.05) is 0 Å². The Morgan fingerprint density at radius 1 is 1.24 bits per heavy atom. The molecule has 0 bridgehead atoms. The lowest BCUT2D eigenvalue weighted by Crippen LogP contribution is -2.12. The van der Waals surface area contributed by atoms with E-state index < -0.39 is 5.97 Å². The van der Waals surface area contributed by atoms with Crippen LogP contribution in [-0.2, 0) is 0 Å². The Bertz CT molecular complexity index is 653. The smallest absolute Gasteiger partial charge is 0.354 e. The van der Waals surface area contributed by atoms with Crippen LogP contribution in [0.4, 0.5) is 5.69 Å². The molecule has 6 heteroatoms. The molecule has 0 aliphatic carbocycles. The monoisotopic (exact) mass is 286 g/mol. The third-order valence-corrected chi connectivity index (χ3v) is 2.66. The molecule has 0 atom stereocenters. The van der Waals surface area contributed by atoms with E-state index >= 15 is 0 Å². The summed E-state index contributed by atoms with van der Waals surface area (Å²) < 4.78 is 5.30. The number of pyridine rings is 1. The maximum atomic E-state index is 12.0. The fourth-order valence-electron chi connectivity index (χ4n) is 1.70. The number of nitrogens with zero attached hydrogens (tertiary/aromatic N) is 1. The molecule has 0 aliphatic heterocycles. The molecule has 2 rings (SSSR count). The number of hydrogen-bond donors (Lipinski definition) is 2. The van der Waals surface area contributed by atoms with Crippen molar-refractivity contribution >= 4 is 17.6 Å². The van der Waals surface area contributed by atoms with Gasteiger partial charge in [0.25, 0.3) is 5.91 Å². The molecule has 21 heavy (non-hydrogen) atoms. The van der Waals surface area contributed by atoms with Crippen LogP contribution in [0.2, 0.25) is 0 Å². The van der Waals surface area contributed by atoms with Crippen LogP contribution in [0.5, 0.6) is 5.75 Å². The minimum Gasteiger partial charge on any atom is -0.494 e. The molecule has 108 valence electrons. The highest BCUT2D eigenvalue weighted by Crippen LogP contribution is 2.14. The van der Waals surface area contributed by atoms with Gasteiger partial charge in [0, 0.05) is 17.4 Å². The zero-order valence-electron chi connectivity index (χ0n) is 11.4. The number of carboxylic acid groups (broad SMARTS) is 1. The van der Waals surface area contributed by atoms with E-state index in [0.29, 0.717) is 23.6 Å². The average Bonchev–Trinajstić information content (AvgIpc) is 2.48. The van der Waals surface area contributed by atoms with Crippen molar-refractivity contribution in [2.45, 2.75) is 6.92 Å². The van der Waals surface area contributed by atoms with Crippen LogP contribution in [0.15, 0.2) is 42.6 Å². The number of carbonyl (C=O) groups is 2. The molecular formula is C15H14N2O4. The van der Waals surface area contributed by atoms with E-state index in [9.17, 15) is 9.59 Å². The van der Waals surface area contributed by atoms with Crippen LogP contribution in [0.1, 0.15) is 27.8 Å². The van der Waals surface area contributed by atoms with Crippen molar-refractivity contribution in [1.82, 2.24) is 4.98 Å². The Kier molecular flexibility index (Phi) is 4.50. The second-order valence-electron chi connectivity index (χ2n) is 4.15. The molecule has 1 amide bonds. The van der Waals surface area contributed by atoms with Gasteiger partial charge in [0.1, 0.15) is 11.4 Å². The molecule has 6 nitrogen and oxygen atoms in total. The van der Waals surface area contributed by atoms with Gasteiger partial charge in [-0.25, -0.2) is 9.78 Å². The number of anilines is 1. The number of rotatable bonds is 5. The Morgan fingerprint density at radius 3 is 2.57 bits per heavy atom. The van der Waals surface area contributed by atoms with Gasteiger partial charge in [-0.15, -0.1) is 0 Å². The molecule has 1 aromatic heterocycles. The summed E-state index contributed by atoms with van der Waals surface area (Å²) in [7, 11) is 0. The molecule has 0 unspecified atom stereocenters. The number of nitrogens with one attached hydrogen (secondary N) is 1. The highest BCUT2D eigenvalue weighted by Gasteiger charge is 2.09. The summed E-state index contributed by atoms with van der Waals surface area (Å²) in [6.07, 6.45) is 1.33. The summed E-state index contributed by atoms with van der Waals surface area (Å²) in [6, 6.07) is 9.51. The van der Waals surface area contributed by atoms with Gasteiger partial charge in [-0.3, -0.25) is 4.79 Å². The van der Waals surface area contributed by atoms with Crippen LogP contribution >= 0.6 is 0 Å². The number of ether oxygens (including phenoxy) is 1. The molecule has 0 spiro atoms. The molecule has 0 radical (unpaired) electrons. The number of hydrogen-bond acceptors (Lipinski definition) is 4. The van der Waals surface area contributed by atoms with Gasteiger partial charge in [0.15, 0.2) is 0 Å². The van der Waals surface area contributed by atoms with E-state index in [1.807, 2.05) is 6.92 Å². The first-order valence-corrected chi connectivity index (χ1v) is 6.33. The zero-order chi connectivity index (χ0) is 15.2. The van der Waals surface area contributed by atoms with Crippen LogP contribution < -0.4 is 10.1 Å². The van der Waals surface area contributed by atoms with Crippen molar-refractivity contribution in [3.05, 3.63) is 53.9 Å². The highest BCUT2D eigenvalue weighted by atomic mass is 16.5. The van der Waals surface area contributed by atoms with E-state index in [1.165, 1.54) is 18.3 Å². The Labute approximate surface area is 121 Å². The first-order valence-electron chi connectivity index (χ1n) is 6.33. The minimum atomic E-state index is -1.15. The van der Waals surface area contributed by atoms with E-state index in [2.05, 4.69) is 10.3 Å². The second kappa shape index (κ2) is 6.51. The van der Waals surface area contributed by atoms with E-state index in [1.54, 1.807) is 24.3 Å². The number of benzene rings is 1. The molecule has 1 heterocycles. The van der Waals surface area contributed by atoms with Crippen molar-refractivity contribution in [3.63, 3.8) is 0 Å². The summed E-state index contributed by atoms with van der Waals surface area (Å²) in [4.78, 5) is 26.5. The zero-order valence-corrected chi connectivity index (χ0v) is 11.4. The second-order valence-corrected chi connectivity index (χ2v) is 4.15. The topological polar surface area (TPSA) is 88.5 Å². The number of carboxylic acids is 1. The average molecular weight is 286 g/mol. The Hall–Kier alpha value is -2.89. The van der Waals surface area contributed by atoms with E-state index in [0.717, 1.165) is 0 Å². The van der Waals surface area contributed by atoms with Crippen molar-refractivity contribution < 1.29 is 19.4 Å². The van der Waals surface area contributed by atoms with Gasteiger partial charge in [-0.2, -0.15) is 0 Å². The van der Waals surface area contributed by atoms with Crippen LogP contribution in [0.3, 0.4) is 0 Å². The van der Waals surface area contributed by atoms with Gasteiger partial charge in [0.05, 0.1) is 6.61 Å². The van der Waals surface area contributed by atoms with Crippen molar-refractivity contribution in [1.29, 1.82) is 0 Å².